The minimum absolute atomic E-state index is 0.0394. The molecule has 0 radical (unpaired) electrons. The number of hydrogen-bond donors (Lipinski definition) is 2. The van der Waals surface area contributed by atoms with E-state index in [0.29, 0.717) is 54.9 Å². The van der Waals surface area contributed by atoms with Crippen LogP contribution < -0.4 is 20.7 Å². The predicted molar refractivity (Wildman–Crippen MR) is 154 cm³/mol. The van der Waals surface area contributed by atoms with Crippen LogP contribution in [0.5, 0.6) is 6.01 Å². The number of alkyl halides is 1. The molecule has 0 amide bonds. The van der Waals surface area contributed by atoms with Gasteiger partial charge in [-0.2, -0.15) is 9.97 Å². The molecule has 7 heterocycles. The lowest BCUT2D eigenvalue weighted by molar-refractivity contribution is 0.107. The van der Waals surface area contributed by atoms with Crippen LogP contribution in [-0.2, 0) is 0 Å². The van der Waals surface area contributed by atoms with Gasteiger partial charge in [-0.1, -0.05) is 22.9 Å². The Hall–Kier alpha value is -2.93. The minimum atomic E-state index is -0.894. The van der Waals surface area contributed by atoms with Crippen molar-refractivity contribution < 1.29 is 17.9 Å². The number of piperidine rings is 1. The third kappa shape index (κ3) is 4.05. The molecular formula is C28H27ClF3N7OS. The second-order valence-electron chi connectivity index (χ2n) is 11.7. The van der Waals surface area contributed by atoms with Gasteiger partial charge in [-0.3, -0.25) is 4.90 Å². The Morgan fingerprint density at radius 3 is 2.76 bits per heavy atom. The highest BCUT2D eigenvalue weighted by molar-refractivity contribution is 7.22. The molecule has 13 heteroatoms. The molecule has 214 valence electrons. The van der Waals surface area contributed by atoms with E-state index in [1.807, 2.05) is 0 Å². The molecule has 5 fully saturated rings. The SMILES string of the molecule is Nc1nc2c(-c3c(Cl)cc4c(N5CC6CC(C5)N6)nc(OCC56CCCN5C[C@H](F)C6)nc4c3F)ccc(F)c2s1. The Labute approximate surface area is 242 Å². The number of rotatable bonds is 5. The van der Waals surface area contributed by atoms with Crippen LogP contribution in [0.15, 0.2) is 18.2 Å². The molecule has 4 atom stereocenters. The van der Waals surface area contributed by atoms with E-state index < -0.39 is 23.3 Å². The van der Waals surface area contributed by atoms with Gasteiger partial charge < -0.3 is 20.7 Å². The lowest BCUT2D eigenvalue weighted by Crippen LogP contribution is -2.67. The number of nitrogens with two attached hydrogens (primary N) is 1. The summed E-state index contributed by atoms with van der Waals surface area (Å²) in [6.07, 6.45) is 2.41. The summed E-state index contributed by atoms with van der Waals surface area (Å²) in [7, 11) is 0. The Balaban J connectivity index is 1.26. The zero-order chi connectivity index (χ0) is 28.0. The van der Waals surface area contributed by atoms with Crippen molar-refractivity contribution in [1.29, 1.82) is 0 Å². The average Bonchev–Trinajstić information content (AvgIpc) is 3.60. The molecule has 41 heavy (non-hydrogen) atoms. The van der Waals surface area contributed by atoms with Crippen molar-refractivity contribution in [2.45, 2.75) is 49.5 Å². The molecule has 3 N–H and O–H groups in total. The van der Waals surface area contributed by atoms with Crippen LogP contribution in [-0.4, -0.2) is 76.4 Å². The normalized spacial score (nSPS) is 27.5. The number of halogens is 4. The Kier molecular flexibility index (Phi) is 5.83. The van der Waals surface area contributed by atoms with Crippen molar-refractivity contribution in [3.63, 3.8) is 0 Å². The third-order valence-corrected chi connectivity index (χ3v) is 10.3. The second-order valence-corrected chi connectivity index (χ2v) is 13.1. The number of nitrogens with zero attached hydrogens (tertiary/aromatic N) is 5. The Morgan fingerprint density at radius 2 is 1.95 bits per heavy atom. The molecule has 2 bridgehead atoms. The van der Waals surface area contributed by atoms with E-state index in [9.17, 15) is 8.78 Å². The van der Waals surface area contributed by atoms with Crippen LogP contribution in [0.3, 0.4) is 0 Å². The van der Waals surface area contributed by atoms with E-state index in [0.717, 1.165) is 37.1 Å². The van der Waals surface area contributed by atoms with Crippen LogP contribution in [0, 0.1) is 11.6 Å². The van der Waals surface area contributed by atoms with Gasteiger partial charge in [0.2, 0.25) is 0 Å². The van der Waals surface area contributed by atoms with Gasteiger partial charge in [0.1, 0.15) is 29.9 Å². The first-order valence-corrected chi connectivity index (χ1v) is 15.0. The van der Waals surface area contributed by atoms with Crippen molar-refractivity contribution in [3.8, 4) is 17.1 Å². The van der Waals surface area contributed by atoms with E-state index in [4.69, 9.17) is 27.1 Å². The zero-order valence-electron chi connectivity index (χ0n) is 22.0. The number of ether oxygens (including phenoxy) is 1. The summed E-state index contributed by atoms with van der Waals surface area (Å²) in [5.74, 6) is -0.618. The largest absolute Gasteiger partial charge is 0.461 e. The molecule has 9 rings (SSSR count). The number of nitrogens with one attached hydrogen (secondary N) is 1. The van der Waals surface area contributed by atoms with Gasteiger partial charge in [0.25, 0.3) is 0 Å². The van der Waals surface area contributed by atoms with E-state index >= 15 is 4.39 Å². The molecular weight excluding hydrogens is 575 g/mol. The van der Waals surface area contributed by atoms with Crippen LogP contribution in [0.1, 0.15) is 25.7 Å². The second kappa shape index (κ2) is 9.29. The first kappa shape index (κ1) is 25.8. The van der Waals surface area contributed by atoms with Crippen LogP contribution in [0.4, 0.5) is 24.1 Å². The highest BCUT2D eigenvalue weighted by Crippen LogP contribution is 2.44. The molecule has 8 nitrogen and oxygen atoms in total. The van der Waals surface area contributed by atoms with Crippen LogP contribution in [0.2, 0.25) is 5.02 Å². The molecule has 3 unspecified atom stereocenters. The van der Waals surface area contributed by atoms with Gasteiger partial charge in [0.05, 0.1) is 20.8 Å². The fourth-order valence-corrected chi connectivity index (χ4v) is 8.30. The summed E-state index contributed by atoms with van der Waals surface area (Å²) in [4.78, 5) is 17.9. The number of anilines is 2. The predicted octanol–water partition coefficient (Wildman–Crippen LogP) is 4.93. The smallest absolute Gasteiger partial charge is 0.319 e. The minimum Gasteiger partial charge on any atom is -0.461 e. The summed E-state index contributed by atoms with van der Waals surface area (Å²) in [6, 6.07) is 5.08. The highest BCUT2D eigenvalue weighted by Gasteiger charge is 2.49. The summed E-state index contributed by atoms with van der Waals surface area (Å²) in [5.41, 5.74) is 6.15. The average molecular weight is 602 g/mol. The Morgan fingerprint density at radius 1 is 1.15 bits per heavy atom. The molecule has 0 spiro atoms. The fraction of sp³-hybridized carbons (Fsp3) is 0.464. The monoisotopic (exact) mass is 601 g/mol. The standard InChI is InChI=1S/C28H27ClF3N7OS/c29-18-7-17-22(21(32)20(18)16-2-3-19(31)24-23(16)35-26(33)41-24)36-27(37-25(17)38-10-14-6-15(11-38)34-14)40-12-28-4-1-5-39(28)9-13(30)8-28/h2-3,7,13-15,34H,1,4-6,8-12H2,(H2,33,35)/t13-,14?,15?,28?/m1/s1. The van der Waals surface area contributed by atoms with Gasteiger partial charge in [0, 0.05) is 54.7 Å². The molecule has 2 aromatic heterocycles. The van der Waals surface area contributed by atoms with Crippen LogP contribution in [0.25, 0.3) is 32.2 Å². The van der Waals surface area contributed by atoms with Crippen LogP contribution >= 0.6 is 22.9 Å². The van der Waals surface area contributed by atoms with Crippen molar-refractivity contribution in [2.75, 3.05) is 43.4 Å². The number of nitrogen functional groups attached to an aromatic ring is 1. The number of hydrogen-bond acceptors (Lipinski definition) is 9. The quantitative estimate of drug-likeness (QED) is 0.333. The van der Waals surface area contributed by atoms with Crippen molar-refractivity contribution in [2.24, 2.45) is 0 Å². The number of aromatic nitrogens is 3. The number of benzene rings is 2. The van der Waals surface area contributed by atoms with E-state index in [-0.39, 0.29) is 44.1 Å². The highest BCUT2D eigenvalue weighted by atomic mass is 35.5. The van der Waals surface area contributed by atoms with Crippen molar-refractivity contribution >= 4 is 55.0 Å². The summed E-state index contributed by atoms with van der Waals surface area (Å²) in [5, 5.41) is 4.27. The maximum Gasteiger partial charge on any atom is 0.319 e. The van der Waals surface area contributed by atoms with Crippen molar-refractivity contribution in [3.05, 3.63) is 34.9 Å². The first-order chi connectivity index (χ1) is 19.8. The van der Waals surface area contributed by atoms with E-state index in [1.54, 1.807) is 6.07 Å². The molecule has 5 aliphatic rings. The van der Waals surface area contributed by atoms with E-state index in [2.05, 4.69) is 25.1 Å². The fourth-order valence-electron chi connectivity index (χ4n) is 7.24. The number of thiazole rings is 1. The zero-order valence-corrected chi connectivity index (χ0v) is 23.5. The lowest BCUT2D eigenvalue weighted by atomic mass is 9.91. The third-order valence-electron chi connectivity index (χ3n) is 9.08. The van der Waals surface area contributed by atoms with E-state index in [1.165, 1.54) is 12.1 Å². The molecule has 0 aliphatic carbocycles. The topological polar surface area (TPSA) is 92.4 Å². The first-order valence-electron chi connectivity index (χ1n) is 13.9. The molecule has 5 saturated heterocycles. The Bertz CT molecular complexity index is 1710. The maximum atomic E-state index is 16.6. The summed E-state index contributed by atoms with van der Waals surface area (Å²) in [6.45, 7) is 2.88. The van der Waals surface area contributed by atoms with Gasteiger partial charge in [-0.05, 0) is 44.0 Å². The summed E-state index contributed by atoms with van der Waals surface area (Å²) >= 11 is 7.74. The molecule has 2 aromatic carbocycles. The van der Waals surface area contributed by atoms with Crippen molar-refractivity contribution in [1.82, 2.24) is 25.2 Å². The van der Waals surface area contributed by atoms with Gasteiger partial charge in [-0.25, -0.2) is 18.2 Å². The maximum absolute atomic E-state index is 16.6. The molecule has 5 aliphatic heterocycles. The van der Waals surface area contributed by atoms with Gasteiger partial charge in [0.15, 0.2) is 10.9 Å². The lowest BCUT2D eigenvalue weighted by Gasteiger charge is -2.48. The van der Waals surface area contributed by atoms with Gasteiger partial charge in [-0.15, -0.1) is 0 Å². The molecule has 4 aromatic rings. The van der Waals surface area contributed by atoms with Gasteiger partial charge >= 0.3 is 6.01 Å². The molecule has 0 saturated carbocycles. The number of fused-ring (bicyclic) bond motifs is 5. The summed E-state index contributed by atoms with van der Waals surface area (Å²) < 4.78 is 51.9. The number of piperazine rings is 1.